The fourth-order valence-electron chi connectivity index (χ4n) is 10.4. The molecule has 4 aliphatic heterocycles. The Hall–Kier alpha value is -9.58. The molecule has 0 spiro atoms. The second kappa shape index (κ2) is 42.0. The Morgan fingerprint density at radius 1 is 0.482 bits per heavy atom. The number of nitrogens with one attached hydrogen (secondary N) is 7. The summed E-state index contributed by atoms with van der Waals surface area (Å²) >= 11 is 0. The smallest absolute Gasteiger partial charge is 0.416 e. The molecule has 0 saturated carbocycles. The highest BCUT2D eigenvalue weighted by Crippen LogP contribution is 2.34. The van der Waals surface area contributed by atoms with Crippen molar-refractivity contribution in [3.63, 3.8) is 0 Å². The van der Waals surface area contributed by atoms with E-state index in [1.807, 2.05) is 20.8 Å². The lowest BCUT2D eigenvalue weighted by atomic mass is 10.1. The third-order valence-electron chi connectivity index (χ3n) is 15.9. The number of ether oxygens (including phenoxy) is 2. The number of amides is 8. The van der Waals surface area contributed by atoms with Crippen LogP contribution in [0.4, 0.5) is 90.6 Å². The monoisotopic (exact) mass is 1610 g/mol. The van der Waals surface area contributed by atoms with Gasteiger partial charge in [-0.1, -0.05) is 60.7 Å². The summed E-state index contributed by atoms with van der Waals surface area (Å²) in [5, 5.41) is 18.6. The van der Waals surface area contributed by atoms with Crippen LogP contribution in [0.1, 0.15) is 110 Å². The third-order valence-corrected chi connectivity index (χ3v) is 19.2. The van der Waals surface area contributed by atoms with E-state index in [1.165, 1.54) is 89.2 Å². The van der Waals surface area contributed by atoms with Crippen molar-refractivity contribution in [3.8, 4) is 0 Å². The second-order valence-electron chi connectivity index (χ2n) is 27.0. The van der Waals surface area contributed by atoms with Crippen molar-refractivity contribution < 1.29 is 99.0 Å². The van der Waals surface area contributed by atoms with Crippen molar-refractivity contribution in [1.82, 2.24) is 35.4 Å². The summed E-state index contributed by atoms with van der Waals surface area (Å²) in [6, 6.07) is 32.9. The summed E-state index contributed by atoms with van der Waals surface area (Å²) in [6.45, 7) is 15.4. The number of benzene rings is 6. The zero-order valence-corrected chi connectivity index (χ0v) is 63.3. The van der Waals surface area contributed by atoms with Crippen molar-refractivity contribution in [2.45, 2.75) is 157 Å². The maximum absolute atomic E-state index is 12.8. The largest absolute Gasteiger partial charge is 0.444 e. The lowest BCUT2D eigenvalue weighted by Crippen LogP contribution is -2.48. The number of halogens is 11. The van der Waals surface area contributed by atoms with Gasteiger partial charge in [0.25, 0.3) is 9.05 Å². The maximum atomic E-state index is 12.8. The molecule has 0 unspecified atom stereocenters. The van der Waals surface area contributed by atoms with E-state index in [9.17, 15) is 89.5 Å². The maximum Gasteiger partial charge on any atom is 0.416 e. The Morgan fingerprint density at radius 2 is 0.827 bits per heavy atom. The van der Waals surface area contributed by atoms with Gasteiger partial charge < -0.3 is 62.2 Å². The van der Waals surface area contributed by atoms with Gasteiger partial charge in [-0.05, 0) is 197 Å². The minimum atomic E-state index is -4.49. The molecule has 602 valence electrons. The number of aliphatic imine (C=N–C) groups is 1. The van der Waals surface area contributed by atoms with E-state index >= 15 is 0 Å². The van der Waals surface area contributed by atoms with Gasteiger partial charge in [-0.3, -0.25) is 0 Å². The third kappa shape index (κ3) is 34.1. The van der Waals surface area contributed by atoms with Crippen LogP contribution in [-0.4, -0.2) is 155 Å². The first kappa shape index (κ1) is 91.0. The highest BCUT2D eigenvalue weighted by molar-refractivity contribution is 8.13. The van der Waals surface area contributed by atoms with Crippen molar-refractivity contribution in [2.24, 2.45) is 10.7 Å². The second-order valence-corrected chi connectivity index (χ2v) is 31.5. The summed E-state index contributed by atoms with van der Waals surface area (Å²) in [4.78, 5) is 76.0. The van der Waals surface area contributed by atoms with E-state index in [2.05, 4.69) is 42.2 Å². The topological polar surface area (TPSA) is 321 Å². The Kier molecular flexibility index (Phi) is 34.8. The van der Waals surface area contributed by atoms with Gasteiger partial charge in [-0.15, -0.1) is 0 Å². The van der Waals surface area contributed by atoms with E-state index in [0.29, 0.717) is 38.8 Å². The molecule has 0 aliphatic carbocycles. The normalized spacial score (nSPS) is 15.6. The molecule has 6 aromatic carbocycles. The van der Waals surface area contributed by atoms with Gasteiger partial charge in [0.05, 0.1) is 32.2 Å². The van der Waals surface area contributed by atoms with Gasteiger partial charge in [0, 0.05) is 97.2 Å². The van der Waals surface area contributed by atoms with Crippen LogP contribution in [0.5, 0.6) is 0 Å². The highest BCUT2D eigenvalue weighted by atomic mass is 35.7. The number of hydrogen-bond acceptors (Lipinski definition) is 15. The number of anilines is 3. The molecule has 37 heteroatoms. The Balaban J connectivity index is 0.000000247. The first-order valence-corrected chi connectivity index (χ1v) is 38.2. The number of alkyl halides is 9. The molecule has 24 nitrogen and oxygen atoms in total. The predicted octanol–water partition coefficient (Wildman–Crippen LogP) is 15.2. The molecule has 4 heterocycles. The summed E-state index contributed by atoms with van der Waals surface area (Å²) in [5.74, 6) is -0.406. The van der Waals surface area contributed by atoms with Crippen LogP contribution < -0.4 is 43.0 Å². The molecule has 4 saturated heterocycles. The van der Waals surface area contributed by atoms with Gasteiger partial charge >= 0.3 is 48.8 Å². The fraction of sp³-hybridized carbons (Fsp3) is 0.425. The lowest BCUT2D eigenvalue weighted by Gasteiger charge is -2.33. The molecule has 0 aromatic heterocycles. The van der Waals surface area contributed by atoms with Gasteiger partial charge in [0.2, 0.25) is 16.1 Å². The average Bonchev–Trinajstić information content (AvgIpc) is 0.805. The summed E-state index contributed by atoms with van der Waals surface area (Å²) < 4.78 is 185. The van der Waals surface area contributed by atoms with Crippen molar-refractivity contribution in [2.75, 3.05) is 68.3 Å². The van der Waals surface area contributed by atoms with Gasteiger partial charge in [-0.2, -0.15) is 48.8 Å². The van der Waals surface area contributed by atoms with E-state index in [0.717, 1.165) is 94.3 Å². The van der Waals surface area contributed by atoms with Crippen LogP contribution in [-0.2, 0) is 51.9 Å². The van der Waals surface area contributed by atoms with E-state index in [4.69, 9.17) is 25.9 Å². The van der Waals surface area contributed by atoms with Crippen LogP contribution >= 0.6 is 10.7 Å². The summed E-state index contributed by atoms with van der Waals surface area (Å²) in [6.07, 6.45) is -7.41. The Labute approximate surface area is 636 Å². The van der Waals surface area contributed by atoms with Crippen molar-refractivity contribution in [1.29, 1.82) is 0 Å². The minimum Gasteiger partial charge on any atom is -0.444 e. The van der Waals surface area contributed by atoms with E-state index in [1.54, 1.807) is 67.0 Å². The molecule has 8 amide bonds. The van der Waals surface area contributed by atoms with Gasteiger partial charge in [0.1, 0.15) is 17.0 Å². The number of urea groups is 3. The first-order chi connectivity index (χ1) is 51.4. The molecule has 4 fully saturated rings. The zero-order valence-electron chi connectivity index (χ0n) is 60.9. The Bertz CT molecular complexity index is 4220. The van der Waals surface area contributed by atoms with Crippen LogP contribution in [0.25, 0.3) is 0 Å². The number of rotatable bonds is 10. The molecule has 4 aliphatic rings. The van der Waals surface area contributed by atoms with Crippen molar-refractivity contribution >= 4 is 88.9 Å². The number of piperidine rings is 4. The van der Waals surface area contributed by atoms with Crippen LogP contribution in [0.15, 0.2) is 173 Å². The predicted molar refractivity (Wildman–Crippen MR) is 394 cm³/mol. The summed E-state index contributed by atoms with van der Waals surface area (Å²) in [5.41, 5.74) is 2.82. The SMILES string of the molecule is CC(C)(C)OC(=O)N1CCC(N)CC1.CC(C)(C)OC(=O)N1CCC(NC(=O)Nc2cccc(C(F)(F)F)c2)CC1.O=C(Nc1cccc(C(F)(F)F)c1)NC1CCN(S(=O)(=O)c2ccccc2)CC1.O=C(Nc1cccc(C(F)(F)F)c1)NC1CCNCC1.O=C=Nc1cccc(F)c1.O=S(=O)(Cl)c1ccccc1. The standard InChI is InChI=1S/C19H20F3N3O3S.C18H24F3N3O3.C13H16F3N3O.C10H20N2O2.C7H4FNO.C6H5ClO2S/c20-19(21,22)14-5-4-6-16(13-14)24-18(26)23-15-9-11-25(12-10-15)29(27,28)17-7-2-1-3-8-17;1-17(2,3)27-16(26)24-9-7-13(8-10-24)22-15(25)23-14-6-4-5-12(11-14)18(19,20)21;14-13(15,16)9-2-1-3-11(8-9)19-12(20)18-10-4-6-17-7-5-10;1-10(2,3)14-9(13)12-6-4-8(11)5-7-12;8-6-2-1-3-7(4-6)9-5-10;7-10(8,9)6-4-2-1-3-5-6/h1-8,13,15H,9-12H2,(H2,23,24,26);4-6,11,13H,7-10H2,1-3H3,(H2,22,23,25);1-3,8,10,17H,4-7H2,(H2,18,19,20);8H,4-7,11H2,1-3H3;1-4H;1-5H. The molecule has 0 bridgehead atoms. The van der Waals surface area contributed by atoms with Crippen LogP contribution in [0.3, 0.4) is 0 Å². The molecule has 0 radical (unpaired) electrons. The molecule has 110 heavy (non-hydrogen) atoms. The molecule has 6 aromatic rings. The quantitative estimate of drug-likeness (QED) is 0.0274. The highest BCUT2D eigenvalue weighted by Gasteiger charge is 2.35. The van der Waals surface area contributed by atoms with Crippen LogP contribution in [0.2, 0.25) is 0 Å². The van der Waals surface area contributed by atoms with Gasteiger partial charge in [-0.25, -0.2) is 50.0 Å². The van der Waals surface area contributed by atoms with Gasteiger partial charge in [0.15, 0.2) is 0 Å². The molecule has 0 atom stereocenters. The van der Waals surface area contributed by atoms with E-state index in [-0.39, 0.29) is 75.9 Å². The molecular weight excluding hydrogens is 1530 g/mol. The number of carbonyl (C=O) groups excluding carboxylic acids is 6. The number of hydrogen-bond donors (Lipinski definition) is 8. The molecule has 9 N–H and O–H groups in total. The molecule has 10 rings (SSSR count). The number of isocyanates is 1. The number of sulfonamides is 1. The average molecular weight is 1620 g/mol. The van der Waals surface area contributed by atoms with E-state index < -0.39 is 95.5 Å². The summed E-state index contributed by atoms with van der Waals surface area (Å²) in [7, 11) is -2.08. The van der Waals surface area contributed by atoms with Crippen molar-refractivity contribution in [3.05, 3.63) is 180 Å². The molecular formula is C73H89ClF10N12O12S2. The minimum absolute atomic E-state index is 0.0291. The number of nitrogens with two attached hydrogens (primary N) is 1. The fourth-order valence-corrected chi connectivity index (χ4v) is 12.7. The Morgan fingerprint density at radius 3 is 1.16 bits per heavy atom. The number of carbonyl (C=O) groups is 5. The lowest BCUT2D eigenvalue weighted by molar-refractivity contribution is -0.138. The zero-order chi connectivity index (χ0) is 81.7. The number of likely N-dealkylation sites (tertiary alicyclic amines) is 2. The first-order valence-electron chi connectivity index (χ1n) is 34.4. The number of nitrogens with zero attached hydrogens (tertiary/aromatic N) is 4. The van der Waals surface area contributed by atoms with Crippen LogP contribution in [0, 0.1) is 5.82 Å².